The van der Waals surface area contributed by atoms with Crippen molar-refractivity contribution in [3.63, 3.8) is 0 Å². The molecule has 4 aromatic rings. The third-order valence-corrected chi connectivity index (χ3v) is 9.94. The third-order valence-electron chi connectivity index (χ3n) is 6.57. The molecule has 0 bridgehead atoms. The summed E-state index contributed by atoms with van der Waals surface area (Å²) in [6.45, 7) is 6.50. The van der Waals surface area contributed by atoms with Crippen molar-refractivity contribution in [1.82, 2.24) is 9.55 Å². The number of halogens is 5. The van der Waals surface area contributed by atoms with Crippen LogP contribution in [-0.4, -0.2) is 18.0 Å². The van der Waals surface area contributed by atoms with E-state index in [0.29, 0.717) is 21.4 Å². The van der Waals surface area contributed by atoms with Crippen LogP contribution in [-0.2, 0) is 20.0 Å². The van der Waals surface area contributed by atoms with Gasteiger partial charge in [-0.3, -0.25) is 4.57 Å². The Morgan fingerprint density at radius 2 is 1.49 bits per heavy atom. The molecule has 0 atom stereocenters. The second kappa shape index (κ2) is 9.70. The summed E-state index contributed by atoms with van der Waals surface area (Å²) in [4.78, 5) is 4.33. The van der Waals surface area contributed by atoms with Crippen molar-refractivity contribution in [3.8, 4) is 5.69 Å². The largest absolute Gasteiger partial charge is 0.287 e. The van der Waals surface area contributed by atoms with Crippen LogP contribution in [0.3, 0.4) is 0 Å². The molecule has 0 unspecified atom stereocenters. The van der Waals surface area contributed by atoms with Gasteiger partial charge in [-0.25, -0.2) is 22.2 Å². The fourth-order valence-electron chi connectivity index (χ4n) is 4.27. The molecule has 1 aromatic heterocycles. The third kappa shape index (κ3) is 4.67. The summed E-state index contributed by atoms with van der Waals surface area (Å²) in [5.74, 6) is -1.24. The molecule has 0 fully saturated rings. The first-order valence-electron chi connectivity index (χ1n) is 11.2. The van der Waals surface area contributed by atoms with E-state index in [1.54, 1.807) is 18.2 Å². The molecule has 0 aliphatic rings. The van der Waals surface area contributed by atoms with Gasteiger partial charge in [0.25, 0.3) is 0 Å². The lowest BCUT2D eigenvalue weighted by Crippen LogP contribution is -2.33. The van der Waals surface area contributed by atoms with Crippen molar-refractivity contribution in [2.45, 2.75) is 43.0 Å². The van der Waals surface area contributed by atoms with Gasteiger partial charge in [0.2, 0.25) is 15.0 Å². The van der Waals surface area contributed by atoms with E-state index >= 15 is 0 Å². The Bertz CT molecular complexity index is 1580. The number of sulfone groups is 1. The summed E-state index contributed by atoms with van der Waals surface area (Å²) in [6, 6.07) is 14.5. The number of benzene rings is 3. The molecule has 1 heterocycles. The molecular formula is C27H23Cl3F2N2O2S. The predicted octanol–water partition coefficient (Wildman–Crippen LogP) is 8.15. The molecule has 10 heteroatoms. The molecule has 0 N–H and O–H groups in total. The van der Waals surface area contributed by atoms with Crippen LogP contribution in [0, 0.1) is 11.6 Å². The van der Waals surface area contributed by atoms with Crippen molar-refractivity contribution in [2.75, 3.05) is 0 Å². The minimum atomic E-state index is -4.38. The zero-order valence-electron chi connectivity index (χ0n) is 20.4. The predicted molar refractivity (Wildman–Crippen MR) is 144 cm³/mol. The molecular weight excluding hydrogens is 561 g/mol. The Labute approximate surface area is 229 Å². The normalized spacial score (nSPS) is 12.7. The smallest absolute Gasteiger partial charge is 0.233 e. The minimum absolute atomic E-state index is 0.0233. The molecule has 37 heavy (non-hydrogen) atoms. The topological polar surface area (TPSA) is 52.0 Å². The van der Waals surface area contributed by atoms with Crippen LogP contribution in [0.4, 0.5) is 8.78 Å². The lowest BCUT2D eigenvalue weighted by Gasteiger charge is -2.30. The molecule has 194 valence electrons. The van der Waals surface area contributed by atoms with E-state index in [2.05, 4.69) is 4.98 Å². The SMILES string of the molecule is CC(C)(c1ccc(Cl)c(Cl)c1)c1cnc(S(=O)(=O)C(C)(C)c2c(F)cccc2Cl)n1-c1ccc(F)cc1. The van der Waals surface area contributed by atoms with Crippen LogP contribution in [0.25, 0.3) is 5.69 Å². The zero-order chi connectivity index (χ0) is 27.3. The maximum Gasteiger partial charge on any atom is 0.233 e. The van der Waals surface area contributed by atoms with E-state index < -0.39 is 31.6 Å². The van der Waals surface area contributed by atoms with Crippen molar-refractivity contribution in [3.05, 3.63) is 110 Å². The fraction of sp³-hybridized carbons (Fsp3) is 0.222. The van der Waals surface area contributed by atoms with E-state index in [1.807, 2.05) is 13.8 Å². The first-order chi connectivity index (χ1) is 17.2. The number of imidazole rings is 1. The molecule has 0 radical (unpaired) electrons. The van der Waals surface area contributed by atoms with Gasteiger partial charge in [-0.15, -0.1) is 0 Å². The number of nitrogens with zero attached hydrogens (tertiary/aromatic N) is 2. The van der Waals surface area contributed by atoms with Crippen LogP contribution in [0.2, 0.25) is 15.1 Å². The summed E-state index contributed by atoms with van der Waals surface area (Å²) in [7, 11) is -4.38. The highest BCUT2D eigenvalue weighted by atomic mass is 35.5. The summed E-state index contributed by atoms with van der Waals surface area (Å²) >= 11 is 18.7. The second-order valence-electron chi connectivity index (χ2n) is 9.60. The molecule has 4 nitrogen and oxygen atoms in total. The van der Waals surface area contributed by atoms with Gasteiger partial charge in [-0.05, 0) is 67.9 Å². The van der Waals surface area contributed by atoms with Gasteiger partial charge in [0.05, 0.1) is 21.9 Å². The van der Waals surface area contributed by atoms with E-state index in [1.165, 1.54) is 61.0 Å². The van der Waals surface area contributed by atoms with Gasteiger partial charge in [-0.2, -0.15) is 0 Å². The van der Waals surface area contributed by atoms with Crippen molar-refractivity contribution in [1.29, 1.82) is 0 Å². The molecule has 3 aromatic carbocycles. The van der Waals surface area contributed by atoms with Crippen molar-refractivity contribution >= 4 is 44.6 Å². The molecule has 0 aliphatic carbocycles. The highest BCUT2D eigenvalue weighted by Crippen LogP contribution is 2.42. The first kappa shape index (κ1) is 27.6. The van der Waals surface area contributed by atoms with Gasteiger partial charge in [0, 0.05) is 21.7 Å². The quantitative estimate of drug-likeness (QED) is 0.230. The van der Waals surface area contributed by atoms with E-state index in [-0.39, 0.29) is 15.7 Å². The van der Waals surface area contributed by atoms with Crippen LogP contribution < -0.4 is 0 Å². The molecule has 0 amide bonds. The van der Waals surface area contributed by atoms with Gasteiger partial charge in [0.15, 0.2) is 0 Å². The average Bonchev–Trinajstić information content (AvgIpc) is 3.28. The summed E-state index contributed by atoms with van der Waals surface area (Å²) in [5.41, 5.74) is 0.576. The maximum absolute atomic E-state index is 14.9. The van der Waals surface area contributed by atoms with E-state index in [0.717, 1.165) is 11.6 Å². The van der Waals surface area contributed by atoms with Gasteiger partial charge >= 0.3 is 0 Å². The molecule has 0 aliphatic heterocycles. The highest BCUT2D eigenvalue weighted by molar-refractivity contribution is 7.92. The average molecular weight is 584 g/mol. The van der Waals surface area contributed by atoms with Crippen molar-refractivity contribution < 1.29 is 17.2 Å². The minimum Gasteiger partial charge on any atom is -0.287 e. The summed E-state index contributed by atoms with van der Waals surface area (Å²) < 4.78 is 56.7. The Balaban J connectivity index is 2.01. The maximum atomic E-state index is 14.9. The monoisotopic (exact) mass is 582 g/mol. The first-order valence-corrected chi connectivity index (χ1v) is 13.8. The summed E-state index contributed by atoms with van der Waals surface area (Å²) in [5, 5.41) is 0.347. The van der Waals surface area contributed by atoms with Crippen LogP contribution in [0.1, 0.15) is 44.5 Å². The Morgan fingerprint density at radius 1 is 0.838 bits per heavy atom. The number of rotatable bonds is 6. The Hall–Kier alpha value is -2.45. The fourth-order valence-corrected chi connectivity index (χ4v) is 6.59. The highest BCUT2D eigenvalue weighted by Gasteiger charge is 2.45. The van der Waals surface area contributed by atoms with Gasteiger partial charge in [-0.1, -0.05) is 60.8 Å². The molecule has 0 spiro atoms. The lowest BCUT2D eigenvalue weighted by atomic mass is 9.81. The van der Waals surface area contributed by atoms with Gasteiger partial charge in [0.1, 0.15) is 16.4 Å². The molecule has 0 saturated carbocycles. The number of hydrogen-bond donors (Lipinski definition) is 0. The standard InChI is InChI=1S/C27H23Cl3F2N2O2S/c1-26(2,16-8-13-19(28)21(30)14-16)23-15-33-25(34(23)18-11-9-17(31)10-12-18)37(35,36)27(3,4)24-20(29)6-5-7-22(24)32/h5-15H,1-4H3. The Kier molecular flexibility index (Phi) is 7.23. The number of hydrogen-bond acceptors (Lipinski definition) is 3. The van der Waals surface area contributed by atoms with Crippen molar-refractivity contribution in [2.24, 2.45) is 0 Å². The van der Waals surface area contributed by atoms with Crippen LogP contribution in [0.15, 0.2) is 72.0 Å². The van der Waals surface area contributed by atoms with E-state index in [9.17, 15) is 17.2 Å². The summed E-state index contributed by atoms with van der Waals surface area (Å²) in [6.07, 6.45) is 1.44. The molecule has 4 rings (SSSR count). The number of aromatic nitrogens is 2. The second-order valence-corrected chi connectivity index (χ2v) is 13.2. The van der Waals surface area contributed by atoms with Crippen LogP contribution in [0.5, 0.6) is 0 Å². The van der Waals surface area contributed by atoms with Gasteiger partial charge < -0.3 is 0 Å². The lowest BCUT2D eigenvalue weighted by molar-refractivity contribution is 0.520. The molecule has 0 saturated heterocycles. The Morgan fingerprint density at radius 3 is 2.08 bits per heavy atom. The van der Waals surface area contributed by atoms with Crippen LogP contribution >= 0.6 is 34.8 Å². The zero-order valence-corrected chi connectivity index (χ0v) is 23.4. The van der Waals surface area contributed by atoms with E-state index in [4.69, 9.17) is 34.8 Å².